The van der Waals surface area contributed by atoms with Gasteiger partial charge in [-0.05, 0) is 13.3 Å². The Balaban J connectivity index is 0.00000420. The molecule has 0 aliphatic carbocycles. The summed E-state index contributed by atoms with van der Waals surface area (Å²) in [5.41, 5.74) is 1.66. The number of hydrogen-bond donors (Lipinski definition) is 2. The summed E-state index contributed by atoms with van der Waals surface area (Å²) in [6.07, 6.45) is 3.82. The van der Waals surface area contributed by atoms with Gasteiger partial charge in [0.1, 0.15) is 10.4 Å². The van der Waals surface area contributed by atoms with Crippen LogP contribution in [0.3, 0.4) is 0 Å². The van der Waals surface area contributed by atoms with Crippen LogP contribution in [0.15, 0.2) is 34.1 Å². The first kappa shape index (κ1) is 25.8. The Kier molecular flexibility index (Phi) is 10.5. The molecule has 2 aromatic rings. The van der Waals surface area contributed by atoms with Gasteiger partial charge in [0.25, 0.3) is 0 Å². The van der Waals surface area contributed by atoms with Crippen LogP contribution >= 0.6 is 24.0 Å². The molecule has 2 N–H and O–H groups in total. The number of nitrogens with one attached hydrogen (secondary N) is 1. The van der Waals surface area contributed by atoms with Gasteiger partial charge in [-0.1, -0.05) is 37.2 Å². The number of anilines is 1. The second-order valence-corrected chi connectivity index (χ2v) is 7.73. The molecule has 0 fully saturated rings. The molecule has 2 rings (SSSR count). The summed E-state index contributed by atoms with van der Waals surface area (Å²) >= 11 is 6.80. The fourth-order valence-electron chi connectivity index (χ4n) is 2.49. The molecule has 0 saturated heterocycles. The predicted molar refractivity (Wildman–Crippen MR) is 117 cm³/mol. The maximum absolute atomic E-state index is 12.4. The zero-order valence-electron chi connectivity index (χ0n) is 16.9. The number of rotatable bonds is 8. The van der Waals surface area contributed by atoms with E-state index in [9.17, 15) is 14.7 Å². The van der Waals surface area contributed by atoms with Gasteiger partial charge < -0.3 is 10.4 Å². The van der Waals surface area contributed by atoms with Gasteiger partial charge in [-0.25, -0.2) is 4.79 Å². The summed E-state index contributed by atoms with van der Waals surface area (Å²) in [6, 6.07) is 7.17. The van der Waals surface area contributed by atoms with E-state index in [0.29, 0.717) is 15.9 Å². The maximum Gasteiger partial charge on any atom is 0.328 e. The predicted octanol–water partition coefficient (Wildman–Crippen LogP) is 3.94. The van der Waals surface area contributed by atoms with Crippen molar-refractivity contribution in [2.24, 2.45) is 14.1 Å². The van der Waals surface area contributed by atoms with Crippen molar-refractivity contribution in [3.63, 3.8) is 0 Å². The van der Waals surface area contributed by atoms with Crippen LogP contribution in [0.4, 0.5) is 5.69 Å². The van der Waals surface area contributed by atoms with Crippen LogP contribution in [-0.4, -0.2) is 25.8 Å². The van der Waals surface area contributed by atoms with Crippen molar-refractivity contribution in [3.8, 4) is 5.75 Å². The number of allylic oxidation sites excluding steroid dienone is 1. The van der Waals surface area contributed by atoms with Gasteiger partial charge in [0.15, 0.2) is 0 Å². The largest absolute Gasteiger partial charge is 0.534 e. The molecular weight excluding hydrogens is 632 g/mol. The number of nitrogens with zero attached hydrogens (tertiary/aromatic N) is 2. The van der Waals surface area contributed by atoms with E-state index in [4.69, 9.17) is 12.2 Å². The van der Waals surface area contributed by atoms with Crippen LogP contribution in [0.2, 0.25) is 0 Å². The fraction of sp³-hybridized carbons (Fsp3) is 0.350. The van der Waals surface area contributed by atoms with E-state index in [2.05, 4.69) is 18.3 Å². The van der Waals surface area contributed by atoms with Gasteiger partial charge in [-0.15, -0.1) is 23.9 Å². The Hall–Kier alpha value is -1.27. The zero-order valence-corrected chi connectivity index (χ0v) is 22.7. The monoisotopic (exact) mass is 656 g/mol. The van der Waals surface area contributed by atoms with Crippen LogP contribution in [0.25, 0.3) is 0 Å². The average Bonchev–Trinajstić information content (AvgIpc) is 2.69. The van der Waals surface area contributed by atoms with E-state index in [-0.39, 0.29) is 54.1 Å². The number of unbranched alkanes of at least 4 members (excludes halogenated alkanes) is 1. The summed E-state index contributed by atoms with van der Waals surface area (Å²) in [5, 5.41) is 13.6. The van der Waals surface area contributed by atoms with E-state index in [0.717, 1.165) is 23.6 Å². The normalized spacial score (nSPS) is 11.1. The van der Waals surface area contributed by atoms with Crippen molar-refractivity contribution in [1.29, 1.82) is 0 Å². The third-order valence-electron chi connectivity index (χ3n) is 4.29. The summed E-state index contributed by atoms with van der Waals surface area (Å²) in [4.78, 5) is 24.6. The van der Waals surface area contributed by atoms with E-state index >= 15 is 0 Å². The average molecular weight is 657 g/mol. The summed E-state index contributed by atoms with van der Waals surface area (Å²) in [6.45, 7) is 3.90. The number of phenolic OH excluding ortho intramolecular Hbond substituents is 1. The third kappa shape index (κ3) is 6.61. The first-order valence-corrected chi connectivity index (χ1v) is 10.3. The summed E-state index contributed by atoms with van der Waals surface area (Å²) < 4.78 is 3.37. The Morgan fingerprint density at radius 1 is 1.38 bits per heavy atom. The number of ketones is 1. The van der Waals surface area contributed by atoms with E-state index in [1.165, 1.54) is 33.0 Å². The Bertz CT molecular complexity index is 1030. The summed E-state index contributed by atoms with van der Waals surface area (Å²) in [7, 11) is 3.34. The molecule has 1 heterocycles. The molecule has 0 radical (unpaired) electrons. The minimum Gasteiger partial charge on any atom is -0.534 e. The van der Waals surface area contributed by atoms with Crippen LogP contribution < -0.4 is 11.0 Å². The number of Topliss-reactive ketones (excluding diaryl/α,β-unsaturated/α-hetero) is 1. The number of benzene rings is 1. The quantitative estimate of drug-likeness (QED) is 0.255. The number of hydrogen-bond acceptors (Lipinski definition) is 6. The van der Waals surface area contributed by atoms with Crippen LogP contribution in [0.5, 0.6) is 5.75 Å². The molecule has 6 nitrogen and oxygen atoms in total. The van der Waals surface area contributed by atoms with E-state index < -0.39 is 0 Å². The molecule has 0 bridgehead atoms. The van der Waals surface area contributed by atoms with Gasteiger partial charge in [0, 0.05) is 56.7 Å². The van der Waals surface area contributed by atoms with Crippen molar-refractivity contribution in [1.82, 2.24) is 9.13 Å². The molecule has 29 heavy (non-hydrogen) atoms. The second kappa shape index (κ2) is 11.8. The molecule has 0 unspecified atom stereocenters. The molecule has 0 saturated carbocycles. The molecule has 1 aromatic heterocycles. The molecular formula is C20H24N3O3S2U-. The number of carbonyl (C=O) groups excluding carboxylic acids is 1. The maximum atomic E-state index is 12.4. The number of aromatic hydroxyl groups is 1. The third-order valence-corrected chi connectivity index (χ3v) is 5.76. The molecule has 0 amide bonds. The Morgan fingerprint density at radius 2 is 2.07 bits per heavy atom. The fourth-order valence-corrected chi connectivity index (χ4v) is 3.63. The molecule has 9 heteroatoms. The van der Waals surface area contributed by atoms with Gasteiger partial charge in [-0.3, -0.25) is 13.9 Å². The van der Waals surface area contributed by atoms with Crippen molar-refractivity contribution in [2.45, 2.75) is 26.7 Å². The topological polar surface area (TPSA) is 76.3 Å². The van der Waals surface area contributed by atoms with Crippen LogP contribution in [-0.2, 0) is 14.1 Å². The van der Waals surface area contributed by atoms with Crippen LogP contribution in [0, 0.1) is 48.7 Å². The number of thioether (sulfide) groups is 1. The Labute approximate surface area is 203 Å². The number of carbonyl (C=O) groups is 1. The first-order chi connectivity index (χ1) is 13.3. The number of aromatic nitrogens is 2. The number of phenols is 1. The van der Waals surface area contributed by atoms with Crippen molar-refractivity contribution < 1.29 is 41.0 Å². The van der Waals surface area contributed by atoms with Gasteiger partial charge >= 0.3 is 5.69 Å². The van der Waals surface area contributed by atoms with Crippen molar-refractivity contribution in [3.05, 3.63) is 61.8 Å². The Morgan fingerprint density at radius 3 is 2.69 bits per heavy atom. The standard InChI is InChI=1S/C20H24N3O3S2.U/c1-5-6-10-17(28-12-16(25)14-8-7-9-15(24)11-14)21-18-13(2)22(3)20(26)23(4)19(18)27;/h7-8,10-11,21,24H,5-6,12H2,1-4H3;/q-1;/b17-10-;. The van der Waals surface area contributed by atoms with E-state index in [1.54, 1.807) is 20.2 Å². The molecule has 154 valence electrons. The second-order valence-electron chi connectivity index (χ2n) is 6.32. The molecule has 0 spiro atoms. The minimum absolute atomic E-state index is 0. The smallest absolute Gasteiger partial charge is 0.328 e. The minimum atomic E-state index is -0.185. The molecule has 0 aliphatic heterocycles. The van der Waals surface area contributed by atoms with Gasteiger partial charge in [-0.2, -0.15) is 12.1 Å². The van der Waals surface area contributed by atoms with Crippen molar-refractivity contribution in [2.75, 3.05) is 11.1 Å². The molecule has 1 aromatic carbocycles. The first-order valence-electron chi connectivity index (χ1n) is 8.86. The van der Waals surface area contributed by atoms with E-state index in [1.807, 2.05) is 13.0 Å². The van der Waals surface area contributed by atoms with Crippen LogP contribution in [0.1, 0.15) is 35.8 Å². The molecule has 0 atom stereocenters. The SMILES string of the molecule is CCC/C=C(/Nc1c(C)n(C)c(=O)n(C)c1=S)SCC(=O)c1cc[c-]c(O)c1.[U]. The van der Waals surface area contributed by atoms with Gasteiger partial charge in [0.2, 0.25) is 0 Å². The van der Waals surface area contributed by atoms with Gasteiger partial charge in [0.05, 0.1) is 16.5 Å². The van der Waals surface area contributed by atoms with Crippen molar-refractivity contribution >= 4 is 35.5 Å². The molecule has 0 aliphatic rings. The zero-order chi connectivity index (χ0) is 20.8. The summed E-state index contributed by atoms with van der Waals surface area (Å²) in [5.74, 6) is 0.0510.